The van der Waals surface area contributed by atoms with E-state index in [1.807, 2.05) is 30.5 Å². The van der Waals surface area contributed by atoms with Crippen molar-refractivity contribution < 1.29 is 4.74 Å². The van der Waals surface area contributed by atoms with Crippen LogP contribution in [0, 0.1) is 0 Å². The molecule has 18 heavy (non-hydrogen) atoms. The Morgan fingerprint density at radius 1 is 1.33 bits per heavy atom. The van der Waals surface area contributed by atoms with Gasteiger partial charge < -0.3 is 15.0 Å². The topological polar surface area (TPSA) is 53.1 Å². The van der Waals surface area contributed by atoms with E-state index in [1.165, 1.54) is 0 Å². The Kier molecular flexibility index (Phi) is 4.36. The molecule has 2 N–H and O–H groups in total. The van der Waals surface area contributed by atoms with Crippen LogP contribution in [0.15, 0.2) is 36.7 Å². The smallest absolute Gasteiger partial charge is 0.140 e. The highest BCUT2D eigenvalue weighted by Gasteiger charge is 2.05. The number of imidazole rings is 1. The fourth-order valence-electron chi connectivity index (χ4n) is 1.84. The van der Waals surface area contributed by atoms with E-state index in [1.54, 1.807) is 6.20 Å². The van der Waals surface area contributed by atoms with Crippen LogP contribution >= 0.6 is 0 Å². The Balaban J connectivity index is 2.08. The highest BCUT2D eigenvalue weighted by atomic mass is 16.5. The Bertz CT molecular complexity index is 493. The van der Waals surface area contributed by atoms with Crippen molar-refractivity contribution in [2.24, 2.45) is 0 Å². The van der Waals surface area contributed by atoms with E-state index in [0.717, 1.165) is 36.6 Å². The molecule has 1 heterocycles. The summed E-state index contributed by atoms with van der Waals surface area (Å²) in [5.41, 5.74) is 7.58. The van der Waals surface area contributed by atoms with Crippen molar-refractivity contribution in [2.45, 2.75) is 19.9 Å². The minimum absolute atomic E-state index is 0.708. The number of rotatable bonds is 6. The van der Waals surface area contributed by atoms with Crippen LogP contribution in [0.1, 0.15) is 13.3 Å². The second-order valence-corrected chi connectivity index (χ2v) is 4.18. The van der Waals surface area contributed by atoms with Crippen molar-refractivity contribution in [3.05, 3.63) is 36.7 Å². The maximum Gasteiger partial charge on any atom is 0.140 e. The fraction of sp³-hybridized carbons (Fsp3) is 0.357. The summed E-state index contributed by atoms with van der Waals surface area (Å²) in [6.45, 7) is 4.43. The highest BCUT2D eigenvalue weighted by molar-refractivity contribution is 5.61. The van der Waals surface area contributed by atoms with Gasteiger partial charge in [-0.15, -0.1) is 0 Å². The molecule has 0 spiro atoms. The quantitative estimate of drug-likeness (QED) is 0.628. The number of benzene rings is 1. The first-order chi connectivity index (χ1) is 8.81. The van der Waals surface area contributed by atoms with Crippen LogP contribution in [0.2, 0.25) is 0 Å². The summed E-state index contributed by atoms with van der Waals surface area (Å²) in [4.78, 5) is 4.38. The molecule has 0 aliphatic rings. The lowest BCUT2D eigenvalue weighted by molar-refractivity contribution is 0.127. The summed E-state index contributed by atoms with van der Waals surface area (Å²) in [6, 6.07) is 7.77. The molecule has 0 atom stereocenters. The van der Waals surface area contributed by atoms with Crippen LogP contribution < -0.4 is 5.73 Å². The maximum atomic E-state index is 5.79. The molecule has 0 radical (unpaired) electrons. The van der Waals surface area contributed by atoms with Crippen molar-refractivity contribution in [3.8, 4) is 11.4 Å². The van der Waals surface area contributed by atoms with E-state index < -0.39 is 0 Å². The van der Waals surface area contributed by atoms with Gasteiger partial charge in [0.05, 0.1) is 6.61 Å². The molecule has 0 saturated carbocycles. The summed E-state index contributed by atoms with van der Waals surface area (Å²) >= 11 is 0. The number of hydrogen-bond acceptors (Lipinski definition) is 3. The third kappa shape index (κ3) is 3.11. The van der Waals surface area contributed by atoms with Crippen LogP contribution in [0.4, 0.5) is 5.69 Å². The van der Waals surface area contributed by atoms with Crippen molar-refractivity contribution >= 4 is 5.69 Å². The van der Waals surface area contributed by atoms with Gasteiger partial charge in [0.15, 0.2) is 0 Å². The van der Waals surface area contributed by atoms with Crippen LogP contribution in [0.5, 0.6) is 0 Å². The van der Waals surface area contributed by atoms with Crippen LogP contribution in [0.25, 0.3) is 11.4 Å². The van der Waals surface area contributed by atoms with Crippen molar-refractivity contribution in [3.63, 3.8) is 0 Å². The number of nitrogen functional groups attached to an aromatic ring is 1. The second-order valence-electron chi connectivity index (χ2n) is 4.18. The Hall–Kier alpha value is -1.81. The van der Waals surface area contributed by atoms with E-state index in [9.17, 15) is 0 Å². The summed E-state index contributed by atoms with van der Waals surface area (Å²) in [7, 11) is 0. The minimum atomic E-state index is 0.708. The first kappa shape index (κ1) is 12.6. The van der Waals surface area contributed by atoms with Gasteiger partial charge in [-0.2, -0.15) is 0 Å². The molecule has 1 aromatic carbocycles. The molecule has 2 rings (SSSR count). The van der Waals surface area contributed by atoms with E-state index in [-0.39, 0.29) is 0 Å². The van der Waals surface area contributed by atoms with Crippen molar-refractivity contribution in [1.29, 1.82) is 0 Å². The molecule has 0 amide bonds. The highest BCUT2D eigenvalue weighted by Crippen LogP contribution is 2.19. The zero-order valence-electron chi connectivity index (χ0n) is 10.7. The molecule has 0 bridgehead atoms. The first-order valence-electron chi connectivity index (χ1n) is 6.26. The monoisotopic (exact) mass is 245 g/mol. The van der Waals surface area contributed by atoms with Gasteiger partial charge in [-0.05, 0) is 18.6 Å². The summed E-state index contributed by atoms with van der Waals surface area (Å²) < 4.78 is 7.59. The number of nitrogens with zero attached hydrogens (tertiary/aromatic N) is 2. The average Bonchev–Trinajstić information content (AvgIpc) is 2.83. The molecule has 0 unspecified atom stereocenters. The third-order valence-electron chi connectivity index (χ3n) is 2.69. The normalized spacial score (nSPS) is 10.7. The van der Waals surface area contributed by atoms with E-state index in [4.69, 9.17) is 10.5 Å². The standard InChI is InChI=1S/C14H19N3O/c1-2-9-18-10-8-17-7-6-16-14(17)12-4-3-5-13(15)11-12/h3-7,11H,2,8-10,15H2,1H3. The summed E-state index contributed by atoms with van der Waals surface area (Å²) in [6.07, 6.45) is 4.82. The van der Waals surface area contributed by atoms with Gasteiger partial charge in [0.1, 0.15) is 5.82 Å². The molecule has 2 aromatic rings. The average molecular weight is 245 g/mol. The minimum Gasteiger partial charge on any atom is -0.399 e. The van der Waals surface area contributed by atoms with E-state index in [0.29, 0.717) is 6.61 Å². The third-order valence-corrected chi connectivity index (χ3v) is 2.69. The molecule has 4 heteroatoms. The summed E-state index contributed by atoms with van der Waals surface area (Å²) in [5, 5.41) is 0. The zero-order chi connectivity index (χ0) is 12.8. The molecule has 0 aliphatic heterocycles. The lowest BCUT2D eigenvalue weighted by atomic mass is 10.2. The van der Waals surface area contributed by atoms with Gasteiger partial charge in [0, 0.05) is 36.8 Å². The first-order valence-corrected chi connectivity index (χ1v) is 6.26. The number of hydrogen-bond donors (Lipinski definition) is 1. The number of ether oxygens (including phenoxy) is 1. The van der Waals surface area contributed by atoms with Gasteiger partial charge in [-0.25, -0.2) is 4.98 Å². The molecule has 0 saturated heterocycles. The Labute approximate surface area is 107 Å². The molecule has 1 aromatic heterocycles. The maximum absolute atomic E-state index is 5.79. The van der Waals surface area contributed by atoms with Crippen molar-refractivity contribution in [1.82, 2.24) is 9.55 Å². The summed E-state index contributed by atoms with van der Waals surface area (Å²) in [5.74, 6) is 0.933. The lowest BCUT2D eigenvalue weighted by Gasteiger charge is -2.08. The van der Waals surface area contributed by atoms with Gasteiger partial charge in [0.25, 0.3) is 0 Å². The Morgan fingerprint density at radius 3 is 3.00 bits per heavy atom. The van der Waals surface area contributed by atoms with Crippen LogP contribution in [-0.2, 0) is 11.3 Å². The van der Waals surface area contributed by atoms with Gasteiger partial charge in [0.2, 0.25) is 0 Å². The zero-order valence-corrected chi connectivity index (χ0v) is 10.7. The van der Waals surface area contributed by atoms with Crippen LogP contribution in [-0.4, -0.2) is 22.8 Å². The van der Waals surface area contributed by atoms with E-state index in [2.05, 4.69) is 16.5 Å². The fourth-order valence-corrected chi connectivity index (χ4v) is 1.84. The largest absolute Gasteiger partial charge is 0.399 e. The molecule has 4 nitrogen and oxygen atoms in total. The number of aromatic nitrogens is 2. The predicted octanol–water partition coefficient (Wildman–Crippen LogP) is 2.56. The van der Waals surface area contributed by atoms with Gasteiger partial charge >= 0.3 is 0 Å². The van der Waals surface area contributed by atoms with E-state index >= 15 is 0 Å². The Morgan fingerprint density at radius 2 is 2.22 bits per heavy atom. The molecule has 0 aliphatic carbocycles. The number of anilines is 1. The number of nitrogens with two attached hydrogens (primary N) is 1. The van der Waals surface area contributed by atoms with Gasteiger partial charge in [-0.1, -0.05) is 19.1 Å². The predicted molar refractivity (Wildman–Crippen MR) is 73.2 cm³/mol. The SMILES string of the molecule is CCCOCCn1ccnc1-c1cccc(N)c1. The second kappa shape index (κ2) is 6.21. The lowest BCUT2D eigenvalue weighted by Crippen LogP contribution is -2.07. The van der Waals surface area contributed by atoms with Crippen LogP contribution in [0.3, 0.4) is 0 Å². The molecule has 96 valence electrons. The van der Waals surface area contributed by atoms with Crippen molar-refractivity contribution in [2.75, 3.05) is 18.9 Å². The molecular weight excluding hydrogens is 226 g/mol. The van der Waals surface area contributed by atoms with Gasteiger partial charge in [-0.3, -0.25) is 0 Å². The molecular formula is C14H19N3O. The molecule has 0 fully saturated rings.